The zero-order valence-corrected chi connectivity index (χ0v) is 11.4. The van der Waals surface area contributed by atoms with Gasteiger partial charge in [0.1, 0.15) is 0 Å². The number of nitrogens with zero attached hydrogens (tertiary/aromatic N) is 3. The number of hydrogen-bond acceptors (Lipinski definition) is 7. The molecule has 0 spiro atoms. The maximum Gasteiger partial charge on any atom is 0.336 e. The molecule has 0 N–H and O–H groups in total. The van der Waals surface area contributed by atoms with E-state index in [1.165, 1.54) is 0 Å². The maximum absolute atomic E-state index is 12.1. The molecule has 0 bridgehead atoms. The Hall–Kier alpha value is -1.15. The molecule has 1 aliphatic carbocycles. The number of ether oxygens (including phenoxy) is 1. The van der Waals surface area contributed by atoms with Crippen molar-refractivity contribution in [2.24, 2.45) is 5.92 Å². The molecule has 3 rings (SSSR count). The molecule has 0 atom stereocenters. The van der Waals surface area contributed by atoms with Crippen LogP contribution in [0.2, 0.25) is 0 Å². The first-order valence-corrected chi connectivity index (χ1v) is 8.19. The summed E-state index contributed by atoms with van der Waals surface area (Å²) in [7, 11) is -3.44. The third-order valence-corrected chi connectivity index (χ3v) is 5.23. The second kappa shape index (κ2) is 5.09. The number of sulfone groups is 1. The van der Waals surface area contributed by atoms with Crippen LogP contribution in [0.5, 0.6) is 0 Å². The monoisotopic (exact) mass is 287 g/mol. The molecule has 0 unspecified atom stereocenters. The van der Waals surface area contributed by atoms with Crippen LogP contribution in [0.3, 0.4) is 0 Å². The molecule has 8 heteroatoms. The van der Waals surface area contributed by atoms with Crippen LogP contribution in [0.4, 0.5) is 6.01 Å². The van der Waals surface area contributed by atoms with E-state index < -0.39 is 9.84 Å². The number of hydrogen-bond donors (Lipinski definition) is 0. The first kappa shape index (κ1) is 12.9. The highest BCUT2D eigenvalue weighted by Gasteiger charge is 2.30. The van der Waals surface area contributed by atoms with E-state index in [9.17, 15) is 8.42 Å². The molecular formula is C11H17N3O4S. The molecule has 1 aromatic heterocycles. The van der Waals surface area contributed by atoms with Crippen LogP contribution in [-0.2, 0) is 14.6 Å². The normalized spacial score (nSPS) is 21.4. The summed E-state index contributed by atoms with van der Waals surface area (Å²) in [6.45, 7) is 2.47. The van der Waals surface area contributed by atoms with Crippen molar-refractivity contribution in [2.45, 2.75) is 24.5 Å². The van der Waals surface area contributed by atoms with Crippen molar-refractivity contribution in [1.29, 1.82) is 0 Å². The Morgan fingerprint density at radius 2 is 1.95 bits per heavy atom. The molecule has 2 aliphatic rings. The zero-order chi connectivity index (χ0) is 13.3. The van der Waals surface area contributed by atoms with E-state index in [4.69, 9.17) is 9.15 Å². The molecule has 106 valence electrons. The van der Waals surface area contributed by atoms with Crippen LogP contribution in [0.25, 0.3) is 0 Å². The molecule has 0 radical (unpaired) electrons. The molecular weight excluding hydrogens is 270 g/mol. The van der Waals surface area contributed by atoms with Crippen molar-refractivity contribution in [2.75, 3.05) is 37.0 Å². The predicted octanol–water partition coefficient (Wildman–Crippen LogP) is 0.480. The standard InChI is InChI=1S/C11H17N3O4S/c15-19(16,8-9-2-1-3-9)11-13-12-10(18-11)14-4-6-17-7-5-14/h9H,1-8H2. The maximum atomic E-state index is 12.1. The summed E-state index contributed by atoms with van der Waals surface area (Å²) in [5.74, 6) is 0.376. The summed E-state index contributed by atoms with van der Waals surface area (Å²) in [5, 5.41) is 7.27. The van der Waals surface area contributed by atoms with Gasteiger partial charge < -0.3 is 14.1 Å². The van der Waals surface area contributed by atoms with Gasteiger partial charge in [-0.15, -0.1) is 0 Å². The highest BCUT2D eigenvalue weighted by molar-refractivity contribution is 7.91. The van der Waals surface area contributed by atoms with Crippen molar-refractivity contribution in [3.05, 3.63) is 0 Å². The molecule has 1 aromatic rings. The van der Waals surface area contributed by atoms with Gasteiger partial charge in [-0.3, -0.25) is 0 Å². The number of aromatic nitrogens is 2. The minimum absolute atomic E-state index is 0.123. The van der Waals surface area contributed by atoms with Crippen LogP contribution >= 0.6 is 0 Å². The van der Waals surface area contributed by atoms with E-state index in [1.54, 1.807) is 0 Å². The lowest BCUT2D eigenvalue weighted by Gasteiger charge is -2.24. The highest BCUT2D eigenvalue weighted by Crippen LogP contribution is 2.29. The van der Waals surface area contributed by atoms with Gasteiger partial charge in [-0.1, -0.05) is 16.6 Å². The molecule has 7 nitrogen and oxygen atoms in total. The second-order valence-electron chi connectivity index (χ2n) is 5.03. The highest BCUT2D eigenvalue weighted by atomic mass is 32.2. The average molecular weight is 287 g/mol. The van der Waals surface area contributed by atoms with Crippen LogP contribution in [0.1, 0.15) is 19.3 Å². The Bertz CT molecular complexity index is 532. The van der Waals surface area contributed by atoms with Gasteiger partial charge >= 0.3 is 11.2 Å². The third-order valence-electron chi connectivity index (χ3n) is 3.62. The largest absolute Gasteiger partial charge is 0.394 e. The van der Waals surface area contributed by atoms with E-state index >= 15 is 0 Å². The minimum atomic E-state index is -3.44. The van der Waals surface area contributed by atoms with Crippen molar-refractivity contribution in [3.8, 4) is 0 Å². The Morgan fingerprint density at radius 3 is 2.58 bits per heavy atom. The Morgan fingerprint density at radius 1 is 1.21 bits per heavy atom. The summed E-state index contributed by atoms with van der Waals surface area (Å²) in [6, 6.07) is 0.274. The van der Waals surface area contributed by atoms with E-state index in [2.05, 4.69) is 10.2 Å². The fourth-order valence-electron chi connectivity index (χ4n) is 2.25. The SMILES string of the molecule is O=S(=O)(CC1CCC1)c1nnc(N2CCOCC2)o1. The van der Waals surface area contributed by atoms with Gasteiger partial charge in [-0.05, 0) is 18.8 Å². The lowest BCUT2D eigenvalue weighted by molar-refractivity contribution is 0.120. The molecule has 1 saturated carbocycles. The summed E-state index contributed by atoms with van der Waals surface area (Å²) >= 11 is 0. The van der Waals surface area contributed by atoms with Gasteiger partial charge in [0.05, 0.1) is 19.0 Å². The van der Waals surface area contributed by atoms with Crippen LogP contribution < -0.4 is 4.90 Å². The van der Waals surface area contributed by atoms with Gasteiger partial charge in [0.25, 0.3) is 0 Å². The van der Waals surface area contributed by atoms with Gasteiger partial charge in [0, 0.05) is 13.1 Å². The van der Waals surface area contributed by atoms with E-state index in [1.807, 2.05) is 4.90 Å². The minimum Gasteiger partial charge on any atom is -0.394 e. The number of anilines is 1. The van der Waals surface area contributed by atoms with Gasteiger partial charge in [0.2, 0.25) is 9.84 Å². The second-order valence-corrected chi connectivity index (χ2v) is 6.94. The summed E-state index contributed by atoms with van der Waals surface area (Å²) in [5.41, 5.74) is 0. The summed E-state index contributed by atoms with van der Waals surface area (Å²) < 4.78 is 34.7. The number of morpholine rings is 1. The van der Waals surface area contributed by atoms with E-state index in [0.29, 0.717) is 26.3 Å². The van der Waals surface area contributed by atoms with Crippen LogP contribution in [0, 0.1) is 5.92 Å². The van der Waals surface area contributed by atoms with Gasteiger partial charge in [-0.2, -0.15) is 0 Å². The summed E-state index contributed by atoms with van der Waals surface area (Å²) in [4.78, 5) is 1.85. The van der Waals surface area contributed by atoms with Crippen molar-refractivity contribution in [3.63, 3.8) is 0 Å². The van der Waals surface area contributed by atoms with Crippen molar-refractivity contribution >= 4 is 15.9 Å². The van der Waals surface area contributed by atoms with E-state index in [0.717, 1.165) is 19.3 Å². The third kappa shape index (κ3) is 2.74. The molecule has 1 saturated heterocycles. The first-order chi connectivity index (χ1) is 9.15. The molecule has 0 aromatic carbocycles. The fraction of sp³-hybridized carbons (Fsp3) is 0.818. The molecule has 2 fully saturated rings. The first-order valence-electron chi connectivity index (χ1n) is 6.54. The van der Waals surface area contributed by atoms with Gasteiger partial charge in [0.15, 0.2) is 0 Å². The lowest BCUT2D eigenvalue weighted by Crippen LogP contribution is -2.36. The fourth-order valence-corrected chi connectivity index (χ4v) is 3.71. The molecule has 0 amide bonds. The number of rotatable bonds is 4. The Kier molecular flexibility index (Phi) is 3.44. The quantitative estimate of drug-likeness (QED) is 0.796. The lowest BCUT2D eigenvalue weighted by atomic mass is 9.87. The zero-order valence-electron chi connectivity index (χ0n) is 10.6. The van der Waals surface area contributed by atoms with E-state index in [-0.39, 0.29) is 22.9 Å². The average Bonchev–Trinajstić information content (AvgIpc) is 2.86. The van der Waals surface area contributed by atoms with Crippen LogP contribution in [0.15, 0.2) is 9.64 Å². The molecule has 19 heavy (non-hydrogen) atoms. The van der Waals surface area contributed by atoms with Crippen LogP contribution in [-0.4, -0.2) is 50.7 Å². The topological polar surface area (TPSA) is 85.5 Å². The smallest absolute Gasteiger partial charge is 0.336 e. The predicted molar refractivity (Wildman–Crippen MR) is 66.7 cm³/mol. The molecule has 1 aliphatic heterocycles. The molecule has 2 heterocycles. The van der Waals surface area contributed by atoms with Crippen molar-refractivity contribution in [1.82, 2.24) is 10.2 Å². The Balaban J connectivity index is 1.72. The van der Waals surface area contributed by atoms with Gasteiger partial charge in [-0.25, -0.2) is 8.42 Å². The summed E-state index contributed by atoms with van der Waals surface area (Å²) in [6.07, 6.45) is 3.07. The van der Waals surface area contributed by atoms with Crippen molar-refractivity contribution < 1.29 is 17.6 Å². The Labute approximate surface area is 111 Å².